The van der Waals surface area contributed by atoms with Gasteiger partial charge in [-0.15, -0.1) is 5.10 Å². The van der Waals surface area contributed by atoms with E-state index < -0.39 is 0 Å². The second kappa shape index (κ2) is 10.5. The van der Waals surface area contributed by atoms with Crippen LogP contribution in [-0.4, -0.2) is 82.8 Å². The predicted molar refractivity (Wildman–Crippen MR) is 157 cm³/mol. The number of amides is 1. The highest BCUT2D eigenvalue weighted by Gasteiger charge is 2.36. The van der Waals surface area contributed by atoms with Gasteiger partial charge in [-0.1, -0.05) is 37.6 Å². The number of benzene rings is 2. The van der Waals surface area contributed by atoms with Gasteiger partial charge in [0.1, 0.15) is 0 Å². The first-order valence-electron chi connectivity index (χ1n) is 14.3. The first-order chi connectivity index (χ1) is 18.9. The van der Waals surface area contributed by atoms with Crippen LogP contribution in [0.1, 0.15) is 49.6 Å². The second-order valence-electron chi connectivity index (χ2n) is 11.2. The Labute approximate surface area is 231 Å². The molecule has 6 rings (SSSR count). The fourth-order valence-corrected chi connectivity index (χ4v) is 6.38. The van der Waals surface area contributed by atoms with Crippen LogP contribution in [0, 0.1) is 0 Å². The van der Waals surface area contributed by atoms with E-state index in [1.165, 1.54) is 31.4 Å². The van der Waals surface area contributed by atoms with E-state index in [1.807, 2.05) is 39.9 Å². The molecule has 8 heteroatoms. The molecule has 1 saturated heterocycles. The number of aromatic nitrogens is 3. The standard InChI is InChI=1S/C31H39N7O/c1-22-23(2)37(25-11-8-9-12-25)28-21-24(15-16-27(28)35(22)4)30-32-29(33-38(30)26-13-6-5-7-14-26)31(39)36-18-10-17-34(3)19-20-36/h5-7,13-16,21,23,25H,1,8-12,17-20H2,2-4H3/t23-/m1/s1. The third kappa shape index (κ3) is 4.71. The largest absolute Gasteiger partial charge is 0.359 e. The molecular weight excluding hydrogens is 486 g/mol. The van der Waals surface area contributed by atoms with Crippen molar-refractivity contribution >= 4 is 17.3 Å². The third-order valence-electron chi connectivity index (χ3n) is 8.73. The summed E-state index contributed by atoms with van der Waals surface area (Å²) in [6.07, 6.45) is 5.90. The Hall–Kier alpha value is -3.65. The smallest absolute Gasteiger partial charge is 0.293 e. The molecule has 3 aliphatic rings. The Morgan fingerprint density at radius 3 is 2.46 bits per heavy atom. The van der Waals surface area contributed by atoms with Crippen LogP contribution in [0.15, 0.2) is 60.8 Å². The molecule has 0 bridgehead atoms. The summed E-state index contributed by atoms with van der Waals surface area (Å²) in [5.41, 5.74) is 5.32. The van der Waals surface area contributed by atoms with Crippen molar-refractivity contribution in [2.45, 2.75) is 51.1 Å². The zero-order valence-corrected chi connectivity index (χ0v) is 23.4. The molecule has 0 N–H and O–H groups in total. The van der Waals surface area contributed by atoms with Gasteiger partial charge < -0.3 is 19.6 Å². The van der Waals surface area contributed by atoms with Crippen LogP contribution in [0.5, 0.6) is 0 Å². The molecule has 0 spiro atoms. The molecule has 2 aromatic carbocycles. The quantitative estimate of drug-likeness (QED) is 0.487. The van der Waals surface area contributed by atoms with Crippen LogP contribution < -0.4 is 9.80 Å². The minimum absolute atomic E-state index is 0.101. The molecule has 1 amide bonds. The highest BCUT2D eigenvalue weighted by atomic mass is 16.2. The van der Waals surface area contributed by atoms with E-state index >= 15 is 0 Å². The Morgan fingerprint density at radius 2 is 1.69 bits per heavy atom. The van der Waals surface area contributed by atoms with Gasteiger partial charge in [0.15, 0.2) is 5.82 Å². The normalized spacial score (nSPS) is 20.8. The van der Waals surface area contributed by atoms with Crippen molar-refractivity contribution in [3.05, 3.63) is 66.6 Å². The van der Waals surface area contributed by atoms with Crippen LogP contribution in [0.2, 0.25) is 0 Å². The Kier molecular flexibility index (Phi) is 6.89. The lowest BCUT2D eigenvalue weighted by Crippen LogP contribution is -2.48. The first kappa shape index (κ1) is 25.6. The van der Waals surface area contributed by atoms with Gasteiger partial charge in [-0.3, -0.25) is 4.79 Å². The van der Waals surface area contributed by atoms with Gasteiger partial charge in [-0.05, 0) is 70.1 Å². The summed E-state index contributed by atoms with van der Waals surface area (Å²) in [6, 6.07) is 17.2. The van der Waals surface area contributed by atoms with Gasteiger partial charge in [0.05, 0.1) is 23.1 Å². The van der Waals surface area contributed by atoms with E-state index in [0.717, 1.165) is 48.7 Å². The zero-order valence-electron chi connectivity index (χ0n) is 23.4. The number of para-hydroxylation sites is 1. The molecule has 0 radical (unpaired) electrons. The minimum atomic E-state index is -0.101. The van der Waals surface area contributed by atoms with Crippen molar-refractivity contribution in [3.8, 4) is 17.1 Å². The minimum Gasteiger partial charge on any atom is -0.359 e. The van der Waals surface area contributed by atoms with Gasteiger partial charge in [-0.2, -0.15) is 0 Å². The molecule has 0 unspecified atom stereocenters. The lowest BCUT2D eigenvalue weighted by Gasteiger charge is -2.46. The fourth-order valence-electron chi connectivity index (χ4n) is 6.38. The number of fused-ring (bicyclic) bond motifs is 1. The van der Waals surface area contributed by atoms with Crippen molar-refractivity contribution in [1.29, 1.82) is 0 Å². The lowest BCUT2D eigenvalue weighted by molar-refractivity contribution is 0.0750. The molecule has 1 saturated carbocycles. The summed E-state index contributed by atoms with van der Waals surface area (Å²) >= 11 is 0. The monoisotopic (exact) mass is 525 g/mol. The second-order valence-corrected chi connectivity index (χ2v) is 11.2. The summed E-state index contributed by atoms with van der Waals surface area (Å²) in [5.74, 6) is 0.837. The Balaban J connectivity index is 1.44. The van der Waals surface area contributed by atoms with Gasteiger partial charge >= 0.3 is 0 Å². The van der Waals surface area contributed by atoms with Crippen molar-refractivity contribution < 1.29 is 4.79 Å². The molecule has 1 aliphatic carbocycles. The van der Waals surface area contributed by atoms with Crippen LogP contribution in [0.4, 0.5) is 11.4 Å². The van der Waals surface area contributed by atoms with Gasteiger partial charge in [0, 0.05) is 44.0 Å². The van der Waals surface area contributed by atoms with Gasteiger partial charge in [0.2, 0.25) is 5.82 Å². The SMILES string of the molecule is C=C1[C@@H](C)N(C2CCCC2)c2cc(-c3nc(C(=O)N4CCCN(C)CC4)nn3-c3ccccc3)ccc2N1C. The molecule has 2 fully saturated rings. The van der Waals surface area contributed by atoms with Gasteiger partial charge in [-0.25, -0.2) is 9.67 Å². The topological polar surface area (TPSA) is 60.7 Å². The number of hydrogen-bond acceptors (Lipinski definition) is 6. The van der Waals surface area contributed by atoms with Crippen LogP contribution in [-0.2, 0) is 0 Å². The summed E-state index contributed by atoms with van der Waals surface area (Å²) < 4.78 is 1.83. The van der Waals surface area contributed by atoms with Crippen molar-refractivity contribution in [3.63, 3.8) is 0 Å². The number of carbonyl (C=O) groups excluding carboxylic acids is 1. The van der Waals surface area contributed by atoms with Crippen molar-refractivity contribution in [2.75, 3.05) is 50.1 Å². The molecule has 1 atom stereocenters. The maximum absolute atomic E-state index is 13.6. The maximum atomic E-state index is 13.6. The fraction of sp³-hybridized carbons (Fsp3) is 0.452. The molecule has 2 aliphatic heterocycles. The van der Waals surface area contributed by atoms with E-state index in [1.54, 1.807) is 0 Å². The van der Waals surface area contributed by atoms with E-state index in [0.29, 0.717) is 18.4 Å². The number of likely N-dealkylation sites (N-methyl/N-ethyl adjacent to an activating group) is 2. The maximum Gasteiger partial charge on any atom is 0.293 e. The van der Waals surface area contributed by atoms with Crippen molar-refractivity contribution in [2.24, 2.45) is 0 Å². The number of carbonyl (C=O) groups is 1. The molecule has 3 aromatic rings. The molecular formula is C31H39N7O. The molecule has 39 heavy (non-hydrogen) atoms. The summed E-state index contributed by atoms with van der Waals surface area (Å²) in [4.78, 5) is 27.5. The van der Waals surface area contributed by atoms with Crippen LogP contribution in [0.25, 0.3) is 17.1 Å². The summed E-state index contributed by atoms with van der Waals surface area (Å²) in [6.45, 7) is 9.94. The molecule has 204 valence electrons. The number of nitrogens with zero attached hydrogens (tertiary/aromatic N) is 7. The Morgan fingerprint density at radius 1 is 0.923 bits per heavy atom. The highest BCUT2D eigenvalue weighted by Crippen LogP contribution is 2.44. The lowest BCUT2D eigenvalue weighted by atomic mass is 9.99. The van der Waals surface area contributed by atoms with E-state index in [9.17, 15) is 4.79 Å². The summed E-state index contributed by atoms with van der Waals surface area (Å²) in [7, 11) is 4.21. The predicted octanol–water partition coefficient (Wildman–Crippen LogP) is 4.81. The third-order valence-corrected chi connectivity index (χ3v) is 8.73. The van der Waals surface area contributed by atoms with Gasteiger partial charge in [0.25, 0.3) is 5.91 Å². The van der Waals surface area contributed by atoms with Crippen molar-refractivity contribution in [1.82, 2.24) is 24.6 Å². The number of anilines is 2. The number of hydrogen-bond donors (Lipinski definition) is 0. The average molecular weight is 526 g/mol. The first-order valence-corrected chi connectivity index (χ1v) is 14.3. The summed E-state index contributed by atoms with van der Waals surface area (Å²) in [5, 5.41) is 4.79. The van der Waals surface area contributed by atoms with Crippen LogP contribution >= 0.6 is 0 Å². The molecule has 8 nitrogen and oxygen atoms in total. The molecule has 1 aromatic heterocycles. The molecule has 3 heterocycles. The van der Waals surface area contributed by atoms with E-state index in [2.05, 4.69) is 60.5 Å². The zero-order chi connectivity index (χ0) is 27.1. The number of rotatable bonds is 4. The Bertz CT molecular complexity index is 1360. The average Bonchev–Trinajstić information content (AvgIpc) is 3.60. The van der Waals surface area contributed by atoms with E-state index in [4.69, 9.17) is 10.1 Å². The highest BCUT2D eigenvalue weighted by molar-refractivity contribution is 5.91. The van der Waals surface area contributed by atoms with Crippen LogP contribution in [0.3, 0.4) is 0 Å². The van der Waals surface area contributed by atoms with E-state index in [-0.39, 0.29) is 17.8 Å².